The zero-order valence-corrected chi connectivity index (χ0v) is 21.2. The molecule has 0 unspecified atom stereocenters. The Morgan fingerprint density at radius 1 is 1.23 bits per heavy atom. The van der Waals surface area contributed by atoms with Crippen molar-refractivity contribution in [3.05, 3.63) is 59.7 Å². The Hall–Kier alpha value is -2.90. The molecular formula is C26H32N2O6S. The average Bonchev–Trinajstić information content (AvgIpc) is 2.84. The highest BCUT2D eigenvalue weighted by atomic mass is 32.2. The lowest BCUT2D eigenvalue weighted by atomic mass is 10.0. The van der Waals surface area contributed by atoms with Gasteiger partial charge >= 0.3 is 0 Å². The molecule has 0 bridgehead atoms. The van der Waals surface area contributed by atoms with E-state index in [-0.39, 0.29) is 42.2 Å². The van der Waals surface area contributed by atoms with Crippen molar-refractivity contribution < 1.29 is 28.2 Å². The molecule has 8 nitrogen and oxygen atoms in total. The third-order valence-electron chi connectivity index (χ3n) is 5.91. The van der Waals surface area contributed by atoms with E-state index >= 15 is 0 Å². The fourth-order valence-electron chi connectivity index (χ4n) is 3.86. The summed E-state index contributed by atoms with van der Waals surface area (Å²) in [4.78, 5) is 14.5. The minimum Gasteiger partial charge on any atom is -0.487 e. The summed E-state index contributed by atoms with van der Waals surface area (Å²) in [6.07, 6.45) is -1.37. The Balaban J connectivity index is 2.02. The van der Waals surface area contributed by atoms with Crippen LogP contribution in [-0.4, -0.2) is 78.7 Å². The molecule has 3 rings (SSSR count). The molecule has 1 aliphatic heterocycles. The third-order valence-corrected chi connectivity index (χ3v) is 7.93. The number of nitrogens with zero attached hydrogens (tertiary/aromatic N) is 2. The molecule has 1 aliphatic rings. The van der Waals surface area contributed by atoms with Gasteiger partial charge in [0.1, 0.15) is 22.9 Å². The van der Waals surface area contributed by atoms with E-state index in [2.05, 4.69) is 11.8 Å². The highest BCUT2D eigenvalue weighted by molar-refractivity contribution is 7.89. The van der Waals surface area contributed by atoms with Crippen LogP contribution in [-0.2, 0) is 10.0 Å². The Bertz CT molecular complexity index is 1200. The monoisotopic (exact) mass is 500 g/mol. The van der Waals surface area contributed by atoms with Gasteiger partial charge in [0.15, 0.2) is 0 Å². The molecule has 1 amide bonds. The molecular weight excluding hydrogens is 468 g/mol. The van der Waals surface area contributed by atoms with Crippen molar-refractivity contribution in [1.29, 1.82) is 0 Å². The molecule has 188 valence electrons. The molecule has 35 heavy (non-hydrogen) atoms. The van der Waals surface area contributed by atoms with Crippen LogP contribution in [0.5, 0.6) is 5.75 Å². The van der Waals surface area contributed by atoms with Crippen LogP contribution in [0, 0.1) is 17.8 Å². The summed E-state index contributed by atoms with van der Waals surface area (Å²) >= 11 is 0. The Morgan fingerprint density at radius 2 is 1.91 bits per heavy atom. The van der Waals surface area contributed by atoms with Crippen molar-refractivity contribution in [2.75, 3.05) is 26.7 Å². The predicted octanol–water partition coefficient (Wildman–Crippen LogP) is 1.96. The first kappa shape index (κ1) is 26.7. The van der Waals surface area contributed by atoms with E-state index in [0.29, 0.717) is 11.1 Å². The van der Waals surface area contributed by atoms with E-state index in [1.165, 1.54) is 23.4 Å². The van der Waals surface area contributed by atoms with Crippen molar-refractivity contribution in [3.63, 3.8) is 0 Å². The molecule has 4 atom stereocenters. The largest absolute Gasteiger partial charge is 0.487 e. The number of carbonyl (C=O) groups excluding carboxylic acids is 1. The molecule has 2 aromatic carbocycles. The van der Waals surface area contributed by atoms with Crippen LogP contribution in [0.25, 0.3) is 0 Å². The molecule has 0 radical (unpaired) electrons. The number of aliphatic hydroxyl groups excluding tert-OH is 2. The van der Waals surface area contributed by atoms with Crippen LogP contribution in [0.1, 0.15) is 36.7 Å². The topological polar surface area (TPSA) is 107 Å². The van der Waals surface area contributed by atoms with Gasteiger partial charge in [-0.3, -0.25) is 4.79 Å². The van der Waals surface area contributed by atoms with Crippen molar-refractivity contribution in [2.45, 2.75) is 43.9 Å². The predicted molar refractivity (Wildman–Crippen MR) is 132 cm³/mol. The highest BCUT2D eigenvalue weighted by Crippen LogP contribution is 2.34. The molecule has 0 saturated carbocycles. The van der Waals surface area contributed by atoms with Gasteiger partial charge < -0.3 is 19.8 Å². The van der Waals surface area contributed by atoms with Crippen molar-refractivity contribution >= 4 is 15.9 Å². The van der Waals surface area contributed by atoms with Gasteiger partial charge in [-0.2, -0.15) is 4.31 Å². The van der Waals surface area contributed by atoms with E-state index < -0.39 is 28.3 Å². The van der Waals surface area contributed by atoms with E-state index in [1.54, 1.807) is 49.2 Å². The van der Waals surface area contributed by atoms with E-state index in [0.717, 1.165) is 0 Å². The number of hydrogen-bond donors (Lipinski definition) is 2. The lowest BCUT2D eigenvalue weighted by molar-refractivity contribution is 0.0563. The van der Waals surface area contributed by atoms with Gasteiger partial charge in [0.05, 0.1) is 13.2 Å². The summed E-state index contributed by atoms with van der Waals surface area (Å²) in [6, 6.07) is 12.8. The van der Waals surface area contributed by atoms with Crippen LogP contribution in [0.15, 0.2) is 53.4 Å². The SMILES string of the molecule is C[C@H](O)C#Cc1ccc2c(c1)O[C@H](CN(C)C(=O)c1ccccc1)[C@@H](C)CN([C@@H](C)CO)S2(=O)=O. The highest BCUT2D eigenvalue weighted by Gasteiger charge is 2.38. The van der Waals surface area contributed by atoms with Gasteiger partial charge in [-0.1, -0.05) is 37.0 Å². The molecule has 0 aromatic heterocycles. The molecule has 0 aliphatic carbocycles. The Kier molecular flexibility index (Phi) is 8.56. The second-order valence-electron chi connectivity index (χ2n) is 8.90. The normalized spacial score (nSPS) is 21.2. The van der Waals surface area contributed by atoms with Crippen LogP contribution in [0.2, 0.25) is 0 Å². The average molecular weight is 501 g/mol. The number of benzene rings is 2. The maximum atomic E-state index is 13.5. The van der Waals surface area contributed by atoms with Crippen LogP contribution in [0.4, 0.5) is 0 Å². The van der Waals surface area contributed by atoms with Gasteiger partial charge in [0, 0.05) is 36.7 Å². The number of aliphatic hydroxyl groups is 2. The van der Waals surface area contributed by atoms with E-state index in [9.17, 15) is 23.4 Å². The van der Waals surface area contributed by atoms with Gasteiger partial charge in [0.25, 0.3) is 5.91 Å². The lowest BCUT2D eigenvalue weighted by Crippen LogP contribution is -2.50. The zero-order chi connectivity index (χ0) is 25.8. The number of ether oxygens (including phenoxy) is 1. The van der Waals surface area contributed by atoms with E-state index in [1.807, 2.05) is 13.0 Å². The number of hydrogen-bond acceptors (Lipinski definition) is 6. The first-order valence-electron chi connectivity index (χ1n) is 11.5. The second kappa shape index (κ2) is 11.2. The number of amides is 1. The fraction of sp³-hybridized carbons (Fsp3) is 0.423. The number of fused-ring (bicyclic) bond motifs is 1. The summed E-state index contributed by atoms with van der Waals surface area (Å²) in [7, 11) is -2.29. The molecule has 0 spiro atoms. The molecule has 0 saturated heterocycles. The minimum absolute atomic E-state index is 0.0330. The van der Waals surface area contributed by atoms with Gasteiger partial charge in [-0.15, -0.1) is 0 Å². The Labute approximate surface area is 207 Å². The van der Waals surface area contributed by atoms with Crippen molar-refractivity contribution in [1.82, 2.24) is 9.21 Å². The van der Waals surface area contributed by atoms with Gasteiger partial charge in [-0.05, 0) is 44.2 Å². The fourth-order valence-corrected chi connectivity index (χ4v) is 5.69. The number of carbonyl (C=O) groups is 1. The smallest absolute Gasteiger partial charge is 0.253 e. The minimum atomic E-state index is -3.98. The standard InChI is InChI=1S/C26H32N2O6S/c1-18-15-28(19(2)17-29)35(32,33)25-13-12-21(11-10-20(3)30)14-23(25)34-24(18)16-27(4)26(31)22-8-6-5-7-9-22/h5-9,12-14,18-20,24,29-30H,15-17H2,1-4H3/t18-,19-,20-,24+/m0/s1. The maximum absolute atomic E-state index is 13.5. The van der Waals surface area contributed by atoms with E-state index in [4.69, 9.17) is 4.74 Å². The summed E-state index contributed by atoms with van der Waals surface area (Å²) in [5.41, 5.74) is 1.03. The first-order chi connectivity index (χ1) is 16.5. The molecule has 9 heteroatoms. The first-order valence-corrected chi connectivity index (χ1v) is 12.9. The van der Waals surface area contributed by atoms with Crippen molar-refractivity contribution in [2.24, 2.45) is 5.92 Å². The van der Waals surface area contributed by atoms with Crippen molar-refractivity contribution in [3.8, 4) is 17.6 Å². The molecule has 0 fully saturated rings. The number of rotatable bonds is 5. The number of likely N-dealkylation sites (N-methyl/N-ethyl adjacent to an activating group) is 1. The molecule has 2 N–H and O–H groups in total. The summed E-state index contributed by atoms with van der Waals surface area (Å²) in [6.45, 7) is 5.05. The summed E-state index contributed by atoms with van der Waals surface area (Å²) in [5, 5.41) is 19.3. The molecule has 1 heterocycles. The van der Waals surface area contributed by atoms with Crippen LogP contribution >= 0.6 is 0 Å². The summed E-state index contributed by atoms with van der Waals surface area (Å²) < 4.78 is 34.6. The lowest BCUT2D eigenvalue weighted by Gasteiger charge is -2.37. The number of sulfonamides is 1. The Morgan fingerprint density at radius 3 is 2.54 bits per heavy atom. The van der Waals surface area contributed by atoms with Gasteiger partial charge in [-0.25, -0.2) is 8.42 Å². The summed E-state index contributed by atoms with van der Waals surface area (Å²) in [5.74, 6) is 5.11. The maximum Gasteiger partial charge on any atom is 0.253 e. The quantitative estimate of drug-likeness (QED) is 0.608. The van der Waals surface area contributed by atoms with Gasteiger partial charge in [0.2, 0.25) is 10.0 Å². The second-order valence-corrected chi connectivity index (χ2v) is 10.8. The zero-order valence-electron chi connectivity index (χ0n) is 20.4. The van der Waals surface area contributed by atoms with Crippen LogP contribution in [0.3, 0.4) is 0 Å². The molecule has 2 aromatic rings. The third kappa shape index (κ3) is 6.21. The van der Waals surface area contributed by atoms with Crippen LogP contribution < -0.4 is 4.74 Å².